The molecule has 1 fully saturated rings. The summed E-state index contributed by atoms with van der Waals surface area (Å²) in [6, 6.07) is 24.7. The van der Waals surface area contributed by atoms with Crippen molar-refractivity contribution in [2.24, 2.45) is 0 Å². The number of hydrogen-bond donors (Lipinski definition) is 0. The highest BCUT2D eigenvalue weighted by molar-refractivity contribution is 6.40. The van der Waals surface area contributed by atoms with E-state index in [1.807, 2.05) is 48.5 Å². The molecule has 214 valence electrons. The van der Waals surface area contributed by atoms with Crippen LogP contribution in [0.1, 0.15) is 48.3 Å². The summed E-state index contributed by atoms with van der Waals surface area (Å²) in [5, 5.41) is 1.37. The van der Waals surface area contributed by atoms with Crippen LogP contribution in [0.2, 0.25) is 15.1 Å². The minimum atomic E-state index is -0.227. The average molecular weight is 620 g/mol. The first-order valence-electron chi connectivity index (χ1n) is 13.9. The highest BCUT2D eigenvalue weighted by Gasteiger charge is 2.37. The maximum Gasteiger partial charge on any atom is 0.329 e. The lowest BCUT2D eigenvalue weighted by atomic mass is 9.81. The van der Waals surface area contributed by atoms with Gasteiger partial charge in [0.2, 0.25) is 0 Å². The van der Waals surface area contributed by atoms with E-state index < -0.39 is 0 Å². The van der Waals surface area contributed by atoms with Crippen molar-refractivity contribution in [3.63, 3.8) is 0 Å². The van der Waals surface area contributed by atoms with Gasteiger partial charge in [-0.3, -0.25) is 9.69 Å². The molecule has 2 amide bonds. The number of Topliss-reactive ketones (excluding diaryl/α,β-unsaturated/α-hetero) is 1. The Labute approximate surface area is 260 Å². The lowest BCUT2D eigenvalue weighted by Gasteiger charge is -2.39. The maximum absolute atomic E-state index is 14.4. The first kappa shape index (κ1) is 28.6. The molecule has 0 aromatic heterocycles. The van der Waals surface area contributed by atoms with E-state index in [2.05, 4.69) is 12.1 Å². The number of para-hydroxylation sites is 1. The number of halogens is 3. The van der Waals surface area contributed by atoms with Crippen LogP contribution < -0.4 is 9.64 Å². The third-order valence-corrected chi connectivity index (χ3v) is 9.11. The van der Waals surface area contributed by atoms with Gasteiger partial charge in [0.05, 0.1) is 35.1 Å². The molecule has 4 aromatic carbocycles. The van der Waals surface area contributed by atoms with Crippen LogP contribution in [0.4, 0.5) is 16.2 Å². The predicted molar refractivity (Wildman–Crippen MR) is 169 cm³/mol. The molecule has 5 nitrogen and oxygen atoms in total. The van der Waals surface area contributed by atoms with E-state index in [0.29, 0.717) is 52.5 Å². The summed E-state index contributed by atoms with van der Waals surface area (Å²) < 4.78 is 5.32. The molecular weight excluding hydrogens is 591 g/mol. The van der Waals surface area contributed by atoms with Crippen molar-refractivity contribution in [1.82, 2.24) is 4.90 Å². The van der Waals surface area contributed by atoms with Crippen molar-refractivity contribution < 1.29 is 14.3 Å². The molecule has 6 rings (SSSR count). The Morgan fingerprint density at radius 2 is 1.48 bits per heavy atom. The predicted octanol–water partition coefficient (Wildman–Crippen LogP) is 9.82. The molecule has 0 radical (unpaired) electrons. The van der Waals surface area contributed by atoms with E-state index in [9.17, 15) is 9.59 Å². The standard InChI is InChI=1S/C34H29Cl3N2O3/c1-42-25-15-9-21(10-16-25)19-38-20-28-27(26-5-2-3-6-29(26)35)17-23(22-11-13-24(40)14-12-22)18-32(28)39(34(38)41)33-30(36)7-4-8-31(33)37/h2-10,15-18,22H,11-14,19-20H2,1H3. The number of carbonyl (C=O) groups excluding carboxylic acids is 2. The van der Waals surface area contributed by atoms with Gasteiger partial charge >= 0.3 is 6.03 Å². The van der Waals surface area contributed by atoms with Gasteiger partial charge in [-0.2, -0.15) is 0 Å². The number of methoxy groups -OCH3 is 1. The molecule has 0 spiro atoms. The Bertz CT molecular complexity index is 1640. The topological polar surface area (TPSA) is 49.9 Å². The summed E-state index contributed by atoms with van der Waals surface area (Å²) in [5.41, 5.74) is 5.97. The molecule has 8 heteroatoms. The number of benzene rings is 4. The summed E-state index contributed by atoms with van der Waals surface area (Å²) in [6.45, 7) is 0.734. The van der Waals surface area contributed by atoms with E-state index in [1.54, 1.807) is 35.1 Å². The SMILES string of the molecule is COc1ccc(CN2Cc3c(-c4ccccc4Cl)cc(C4CCC(=O)CC4)cc3N(c3c(Cl)cccc3Cl)C2=O)cc1. The molecule has 2 aliphatic rings. The summed E-state index contributed by atoms with van der Waals surface area (Å²) >= 11 is 20.3. The number of fused-ring (bicyclic) bond motifs is 1. The van der Waals surface area contributed by atoms with Crippen LogP contribution in [0, 0.1) is 0 Å². The summed E-state index contributed by atoms with van der Waals surface area (Å²) in [5.74, 6) is 1.23. The van der Waals surface area contributed by atoms with Crippen LogP contribution in [0.5, 0.6) is 5.75 Å². The zero-order valence-electron chi connectivity index (χ0n) is 23.1. The highest BCUT2D eigenvalue weighted by Crippen LogP contribution is 2.48. The monoisotopic (exact) mass is 618 g/mol. The van der Waals surface area contributed by atoms with Gasteiger partial charge < -0.3 is 9.64 Å². The number of hydrogen-bond acceptors (Lipinski definition) is 3. The Morgan fingerprint density at radius 3 is 2.14 bits per heavy atom. The fraction of sp³-hybridized carbons (Fsp3) is 0.235. The average Bonchev–Trinajstić information content (AvgIpc) is 2.99. The second-order valence-electron chi connectivity index (χ2n) is 10.8. The zero-order chi connectivity index (χ0) is 29.4. The molecule has 1 saturated carbocycles. The molecule has 0 saturated heterocycles. The number of rotatable bonds is 6. The van der Waals surface area contributed by atoms with E-state index in [4.69, 9.17) is 39.5 Å². The molecule has 4 aromatic rings. The van der Waals surface area contributed by atoms with E-state index in [-0.39, 0.29) is 11.9 Å². The second-order valence-corrected chi connectivity index (χ2v) is 12.0. The number of urea groups is 1. The third kappa shape index (κ3) is 5.49. The summed E-state index contributed by atoms with van der Waals surface area (Å²) in [4.78, 5) is 29.9. The van der Waals surface area contributed by atoms with Gasteiger partial charge in [0, 0.05) is 35.5 Å². The first-order chi connectivity index (χ1) is 20.3. The fourth-order valence-electron chi connectivity index (χ4n) is 5.97. The Morgan fingerprint density at radius 1 is 0.810 bits per heavy atom. The first-order valence-corrected chi connectivity index (χ1v) is 15.1. The zero-order valence-corrected chi connectivity index (χ0v) is 25.3. The normalized spacial score (nSPS) is 15.6. The number of ketones is 1. The molecule has 0 atom stereocenters. The molecule has 0 N–H and O–H groups in total. The minimum absolute atomic E-state index is 0.185. The van der Waals surface area contributed by atoms with Gasteiger partial charge in [-0.1, -0.05) is 77.3 Å². The van der Waals surface area contributed by atoms with Crippen molar-refractivity contribution in [3.8, 4) is 16.9 Å². The summed E-state index contributed by atoms with van der Waals surface area (Å²) in [6.07, 6.45) is 2.64. The van der Waals surface area contributed by atoms with Crippen molar-refractivity contribution in [2.45, 2.75) is 44.7 Å². The number of anilines is 2. The molecule has 1 aliphatic heterocycles. The van der Waals surface area contributed by atoms with E-state index in [0.717, 1.165) is 52.1 Å². The van der Waals surface area contributed by atoms with Gasteiger partial charge in [-0.05, 0) is 71.8 Å². The molecule has 0 unspecified atom stereocenters. The van der Waals surface area contributed by atoms with Crippen LogP contribution in [-0.2, 0) is 17.9 Å². The van der Waals surface area contributed by atoms with Crippen LogP contribution >= 0.6 is 34.8 Å². The molecule has 42 heavy (non-hydrogen) atoms. The van der Waals surface area contributed by atoms with Crippen LogP contribution in [-0.4, -0.2) is 23.8 Å². The Balaban J connectivity index is 1.56. The van der Waals surface area contributed by atoms with Crippen LogP contribution in [0.3, 0.4) is 0 Å². The molecule has 0 bridgehead atoms. The minimum Gasteiger partial charge on any atom is -0.497 e. The van der Waals surface area contributed by atoms with E-state index >= 15 is 0 Å². The highest BCUT2D eigenvalue weighted by atomic mass is 35.5. The molecule has 1 aliphatic carbocycles. The maximum atomic E-state index is 14.4. The molecule has 1 heterocycles. The van der Waals surface area contributed by atoms with Gasteiger partial charge in [0.25, 0.3) is 0 Å². The quantitative estimate of drug-likeness (QED) is 0.216. The van der Waals surface area contributed by atoms with Gasteiger partial charge in [0.1, 0.15) is 11.5 Å². The number of ether oxygens (including phenoxy) is 1. The number of carbonyl (C=O) groups is 2. The lowest BCUT2D eigenvalue weighted by Crippen LogP contribution is -2.44. The smallest absolute Gasteiger partial charge is 0.329 e. The van der Waals surface area contributed by atoms with Crippen LogP contribution in [0.15, 0.2) is 78.9 Å². The van der Waals surface area contributed by atoms with Gasteiger partial charge in [0.15, 0.2) is 0 Å². The third-order valence-electron chi connectivity index (χ3n) is 8.17. The lowest BCUT2D eigenvalue weighted by molar-refractivity contribution is -0.120. The summed E-state index contributed by atoms with van der Waals surface area (Å²) in [7, 11) is 1.63. The molecular formula is C34H29Cl3N2O3. The largest absolute Gasteiger partial charge is 0.497 e. The Kier molecular flexibility index (Phi) is 8.17. The van der Waals surface area contributed by atoms with Crippen molar-refractivity contribution in [1.29, 1.82) is 0 Å². The van der Waals surface area contributed by atoms with Crippen LogP contribution in [0.25, 0.3) is 11.1 Å². The Hall–Kier alpha value is -3.51. The second kappa shape index (κ2) is 12.0. The fourth-order valence-corrected chi connectivity index (χ4v) is 6.77. The number of amides is 2. The van der Waals surface area contributed by atoms with Crippen molar-refractivity contribution in [3.05, 3.63) is 111 Å². The van der Waals surface area contributed by atoms with Gasteiger partial charge in [-0.15, -0.1) is 0 Å². The van der Waals surface area contributed by atoms with E-state index in [1.165, 1.54) is 0 Å². The van der Waals surface area contributed by atoms with Crippen molar-refractivity contribution >= 4 is 58.0 Å². The number of nitrogens with zero attached hydrogens (tertiary/aromatic N) is 2. The van der Waals surface area contributed by atoms with Crippen molar-refractivity contribution in [2.75, 3.05) is 12.0 Å². The van der Waals surface area contributed by atoms with Gasteiger partial charge in [-0.25, -0.2) is 4.79 Å².